The van der Waals surface area contributed by atoms with Gasteiger partial charge in [-0.1, -0.05) is 30.3 Å². The van der Waals surface area contributed by atoms with Crippen LogP contribution in [0.25, 0.3) is 21.7 Å². The van der Waals surface area contributed by atoms with Crippen LogP contribution < -0.4 is 20.1 Å². The molecule has 1 saturated heterocycles. The summed E-state index contributed by atoms with van der Waals surface area (Å²) in [4.78, 5) is 11.2. The molecule has 0 aliphatic carbocycles. The van der Waals surface area contributed by atoms with E-state index in [0.29, 0.717) is 54.5 Å². The van der Waals surface area contributed by atoms with E-state index in [9.17, 15) is 8.42 Å². The Kier molecular flexibility index (Phi) is 5.62. The van der Waals surface area contributed by atoms with E-state index in [1.807, 2.05) is 35.2 Å². The number of sulfonamides is 1. The molecule has 34 heavy (non-hydrogen) atoms. The fourth-order valence-corrected chi connectivity index (χ4v) is 5.65. The van der Waals surface area contributed by atoms with E-state index >= 15 is 0 Å². The smallest absolute Gasteiger partial charge is 0.243 e. The Bertz CT molecular complexity index is 1480. The molecule has 0 amide bonds. The van der Waals surface area contributed by atoms with E-state index in [4.69, 9.17) is 15.2 Å². The Morgan fingerprint density at radius 1 is 0.853 bits per heavy atom. The highest BCUT2D eigenvalue weighted by Crippen LogP contribution is 2.34. The summed E-state index contributed by atoms with van der Waals surface area (Å²) >= 11 is 0. The van der Waals surface area contributed by atoms with Gasteiger partial charge in [0.25, 0.3) is 0 Å². The third kappa shape index (κ3) is 3.84. The Balaban J connectivity index is 1.38. The predicted octanol–water partition coefficient (Wildman–Crippen LogP) is 3.23. The summed E-state index contributed by atoms with van der Waals surface area (Å²) in [7, 11) is -0.540. The van der Waals surface area contributed by atoms with Gasteiger partial charge >= 0.3 is 0 Å². The first-order valence-electron chi connectivity index (χ1n) is 10.8. The van der Waals surface area contributed by atoms with Gasteiger partial charge in [-0.3, -0.25) is 5.73 Å². The van der Waals surface area contributed by atoms with E-state index in [0.717, 1.165) is 10.8 Å². The Morgan fingerprint density at radius 3 is 2.24 bits per heavy atom. The van der Waals surface area contributed by atoms with Crippen LogP contribution in [-0.4, -0.2) is 63.1 Å². The molecule has 2 heterocycles. The second-order valence-corrected chi connectivity index (χ2v) is 9.93. The lowest BCUT2D eigenvalue weighted by molar-refractivity contribution is 0.355. The van der Waals surface area contributed by atoms with Crippen molar-refractivity contribution in [3.63, 3.8) is 0 Å². The van der Waals surface area contributed by atoms with Gasteiger partial charge in [0, 0.05) is 37.6 Å². The Labute approximate surface area is 197 Å². The fourth-order valence-electron chi connectivity index (χ4n) is 4.19. The average Bonchev–Trinajstić information content (AvgIpc) is 2.87. The highest BCUT2D eigenvalue weighted by Gasteiger charge is 2.30. The van der Waals surface area contributed by atoms with Gasteiger partial charge in [0.05, 0.1) is 24.6 Å². The molecule has 1 aromatic heterocycles. The zero-order valence-corrected chi connectivity index (χ0v) is 19.7. The number of methoxy groups -OCH3 is 2. The Hall–Kier alpha value is -3.63. The van der Waals surface area contributed by atoms with Crippen LogP contribution in [0.3, 0.4) is 0 Å². The summed E-state index contributed by atoms with van der Waals surface area (Å²) in [5, 5.41) is 2.45. The minimum atomic E-state index is -3.62. The standard InChI is InChI=1S/C24H24N5O4S/c1-32-21-14-19-20(15-22(21)33-2)26-24(27-23(19)25)28-9-11-29(12-10-28)34(30,31)18-8-7-16-5-3-4-6-17(16)13-18/h3-8,13-15,25H,9-12H2,1-2H3. The van der Waals surface area contributed by atoms with Crippen LogP contribution in [-0.2, 0) is 10.0 Å². The molecular formula is C24H24N5O4S. The normalized spacial score (nSPS) is 15.1. The number of fused-ring (bicyclic) bond motifs is 2. The number of nitrogens with zero attached hydrogens (tertiary/aromatic N) is 4. The second-order valence-electron chi connectivity index (χ2n) is 8.00. The molecule has 0 atom stereocenters. The molecule has 1 N–H and O–H groups in total. The molecule has 0 bridgehead atoms. The fraction of sp³-hybridized carbons (Fsp3) is 0.250. The van der Waals surface area contributed by atoms with Crippen LogP contribution in [0.5, 0.6) is 11.5 Å². The van der Waals surface area contributed by atoms with E-state index in [2.05, 4.69) is 9.97 Å². The molecule has 1 aliphatic heterocycles. The first-order valence-corrected chi connectivity index (χ1v) is 12.2. The van der Waals surface area contributed by atoms with Crippen LogP contribution in [0.1, 0.15) is 0 Å². The first kappa shape index (κ1) is 22.2. The summed E-state index contributed by atoms with van der Waals surface area (Å²) in [5.74, 6) is 1.50. The molecule has 4 aromatic rings. The van der Waals surface area contributed by atoms with Crippen LogP contribution in [0.2, 0.25) is 0 Å². The molecule has 0 saturated carbocycles. The van der Waals surface area contributed by atoms with Gasteiger partial charge in [-0.05, 0) is 29.0 Å². The summed E-state index contributed by atoms with van der Waals surface area (Å²) in [5.41, 5.74) is 8.93. The van der Waals surface area contributed by atoms with Crippen molar-refractivity contribution in [2.45, 2.75) is 4.90 Å². The molecule has 175 valence electrons. The van der Waals surface area contributed by atoms with Gasteiger partial charge in [-0.15, -0.1) is 0 Å². The number of hydrogen-bond donors (Lipinski definition) is 0. The van der Waals surface area contributed by atoms with Gasteiger partial charge < -0.3 is 14.4 Å². The summed E-state index contributed by atoms with van der Waals surface area (Å²) in [6, 6.07) is 16.3. The summed E-state index contributed by atoms with van der Waals surface area (Å²) in [6.07, 6.45) is 0. The quantitative estimate of drug-likeness (QED) is 0.433. The number of rotatable bonds is 5. The molecule has 0 spiro atoms. The number of nitrogens with one attached hydrogen (secondary N) is 1. The number of piperazine rings is 1. The number of ether oxygens (including phenoxy) is 2. The SMILES string of the molecule is COc1cc2nc(N3CCN(S(=O)(=O)c4ccc5ccccc5c4)CC3)nc([NH])c2cc1OC. The highest BCUT2D eigenvalue weighted by molar-refractivity contribution is 7.89. The molecule has 10 heteroatoms. The lowest BCUT2D eigenvalue weighted by Gasteiger charge is -2.34. The van der Waals surface area contributed by atoms with Crippen molar-refractivity contribution in [3.05, 3.63) is 54.6 Å². The molecule has 5 rings (SSSR count). The molecule has 3 aromatic carbocycles. The van der Waals surface area contributed by atoms with Crippen LogP contribution in [0.15, 0.2) is 59.5 Å². The third-order valence-corrected chi connectivity index (χ3v) is 7.96. The number of aromatic nitrogens is 2. The second kappa shape index (κ2) is 8.62. The van der Waals surface area contributed by atoms with E-state index in [1.165, 1.54) is 11.4 Å². The van der Waals surface area contributed by atoms with Gasteiger partial charge in [-0.2, -0.15) is 9.29 Å². The number of benzene rings is 3. The lowest BCUT2D eigenvalue weighted by atomic mass is 10.1. The zero-order chi connectivity index (χ0) is 23.9. The van der Waals surface area contributed by atoms with Crippen molar-refractivity contribution >= 4 is 43.5 Å². The number of hydrogen-bond acceptors (Lipinski definition) is 7. The van der Waals surface area contributed by atoms with Crippen molar-refractivity contribution in [1.82, 2.24) is 20.0 Å². The first-order chi connectivity index (χ1) is 16.4. The molecule has 1 aliphatic rings. The van der Waals surface area contributed by atoms with Crippen LogP contribution in [0, 0.1) is 0 Å². The highest BCUT2D eigenvalue weighted by atomic mass is 32.2. The maximum Gasteiger partial charge on any atom is 0.243 e. The number of anilines is 1. The van der Waals surface area contributed by atoms with Crippen molar-refractivity contribution in [2.24, 2.45) is 0 Å². The van der Waals surface area contributed by atoms with Gasteiger partial charge in [-0.25, -0.2) is 13.4 Å². The zero-order valence-electron chi connectivity index (χ0n) is 18.9. The molecule has 1 fully saturated rings. The van der Waals surface area contributed by atoms with Crippen molar-refractivity contribution in [2.75, 3.05) is 45.3 Å². The lowest BCUT2D eigenvalue weighted by Crippen LogP contribution is -2.49. The third-order valence-electron chi connectivity index (χ3n) is 6.07. The average molecular weight is 479 g/mol. The largest absolute Gasteiger partial charge is 0.493 e. The molecule has 1 radical (unpaired) electrons. The minimum Gasteiger partial charge on any atom is -0.493 e. The van der Waals surface area contributed by atoms with Crippen LogP contribution in [0.4, 0.5) is 11.8 Å². The van der Waals surface area contributed by atoms with Crippen molar-refractivity contribution in [3.8, 4) is 11.5 Å². The van der Waals surface area contributed by atoms with Crippen molar-refractivity contribution < 1.29 is 17.9 Å². The van der Waals surface area contributed by atoms with Gasteiger partial charge in [0.2, 0.25) is 16.0 Å². The molecular weight excluding hydrogens is 454 g/mol. The summed E-state index contributed by atoms with van der Waals surface area (Å²) < 4.78 is 38.7. The van der Waals surface area contributed by atoms with E-state index < -0.39 is 10.0 Å². The predicted molar refractivity (Wildman–Crippen MR) is 130 cm³/mol. The van der Waals surface area contributed by atoms with Crippen molar-refractivity contribution in [1.29, 1.82) is 0 Å². The monoisotopic (exact) mass is 478 g/mol. The van der Waals surface area contributed by atoms with Gasteiger partial charge in [0.15, 0.2) is 17.3 Å². The maximum atomic E-state index is 13.3. The summed E-state index contributed by atoms with van der Waals surface area (Å²) in [6.45, 7) is 1.45. The molecule has 9 nitrogen and oxygen atoms in total. The minimum absolute atomic E-state index is 0.0761. The van der Waals surface area contributed by atoms with Gasteiger partial charge in [0.1, 0.15) is 0 Å². The van der Waals surface area contributed by atoms with E-state index in [-0.39, 0.29) is 10.7 Å². The maximum absolute atomic E-state index is 13.3. The Morgan fingerprint density at radius 2 is 1.53 bits per heavy atom. The topological polar surface area (TPSA) is 109 Å². The van der Waals surface area contributed by atoms with E-state index in [1.54, 1.807) is 31.4 Å². The molecule has 0 unspecified atom stereocenters. The van der Waals surface area contributed by atoms with Crippen LogP contribution >= 0.6 is 0 Å².